The summed E-state index contributed by atoms with van der Waals surface area (Å²) in [7, 11) is 1.59. The zero-order valence-electron chi connectivity index (χ0n) is 16.8. The first-order valence-electron chi connectivity index (χ1n) is 8.54. The van der Waals surface area contributed by atoms with Gasteiger partial charge in [0, 0.05) is 5.56 Å². The molecular formula is C22H32O3. The molecular weight excluding hydrogens is 312 g/mol. The smallest absolute Gasteiger partial charge is 0.119 e. The lowest BCUT2D eigenvalue weighted by Crippen LogP contribution is -2.23. The Balaban J connectivity index is 0.000000293. The molecule has 0 aliphatic heterocycles. The Hall–Kier alpha value is -2.16. The maximum atomic E-state index is 10.1. The van der Waals surface area contributed by atoms with Crippen molar-refractivity contribution in [1.82, 2.24) is 0 Å². The summed E-state index contributed by atoms with van der Waals surface area (Å²) in [5.74, 6) is 1.44. The van der Waals surface area contributed by atoms with Gasteiger partial charge in [-0.15, -0.1) is 0 Å². The molecule has 0 aromatic heterocycles. The lowest BCUT2D eigenvalue weighted by Gasteiger charge is -2.32. The van der Waals surface area contributed by atoms with E-state index in [1.54, 1.807) is 31.4 Å². The summed E-state index contributed by atoms with van der Waals surface area (Å²) in [5, 5.41) is 18.9. The van der Waals surface area contributed by atoms with Crippen molar-refractivity contribution in [3.8, 4) is 17.2 Å². The first-order chi connectivity index (χ1) is 11.4. The number of rotatable bonds is 1. The van der Waals surface area contributed by atoms with Crippen molar-refractivity contribution in [3.63, 3.8) is 0 Å². The zero-order valence-corrected chi connectivity index (χ0v) is 16.8. The monoisotopic (exact) mass is 344 g/mol. The third-order valence-corrected chi connectivity index (χ3v) is 3.96. The third kappa shape index (κ3) is 5.70. The first-order valence-corrected chi connectivity index (χ1v) is 8.54. The predicted molar refractivity (Wildman–Crippen MR) is 105 cm³/mol. The Morgan fingerprint density at radius 3 is 1.56 bits per heavy atom. The van der Waals surface area contributed by atoms with Gasteiger partial charge < -0.3 is 14.9 Å². The van der Waals surface area contributed by atoms with E-state index >= 15 is 0 Å². The molecule has 0 spiro atoms. The van der Waals surface area contributed by atoms with E-state index in [0.717, 1.165) is 11.3 Å². The lowest BCUT2D eigenvalue weighted by atomic mass is 9.73. The number of phenols is 2. The zero-order chi connectivity index (χ0) is 19.4. The van der Waals surface area contributed by atoms with Crippen molar-refractivity contribution in [2.75, 3.05) is 7.11 Å². The normalized spacial score (nSPS) is 11.5. The van der Waals surface area contributed by atoms with E-state index in [1.165, 1.54) is 11.1 Å². The molecule has 2 N–H and O–H groups in total. The quantitative estimate of drug-likeness (QED) is 0.698. The molecule has 25 heavy (non-hydrogen) atoms. The van der Waals surface area contributed by atoms with Gasteiger partial charge in [0.2, 0.25) is 0 Å². The largest absolute Gasteiger partial charge is 0.508 e. The standard InChI is InChI=1S/C15H24O.C7H8O2/c1-10-8-9-11(16)13(15(5,6)7)12(10)14(2,3)4;1-9-7-4-2-6(8)3-5-7/h8-9,16H,1-7H3;2-5,8H,1H3. The van der Waals surface area contributed by atoms with E-state index in [0.29, 0.717) is 5.75 Å². The molecule has 0 heterocycles. The van der Waals surface area contributed by atoms with Crippen LogP contribution in [-0.2, 0) is 10.8 Å². The minimum Gasteiger partial charge on any atom is -0.508 e. The van der Waals surface area contributed by atoms with Crippen LogP contribution >= 0.6 is 0 Å². The molecule has 0 unspecified atom stereocenters. The topological polar surface area (TPSA) is 49.7 Å². The lowest BCUT2D eigenvalue weighted by molar-refractivity contribution is 0.412. The van der Waals surface area contributed by atoms with E-state index in [-0.39, 0.29) is 16.6 Å². The molecule has 2 rings (SSSR count). The Morgan fingerprint density at radius 1 is 0.720 bits per heavy atom. The predicted octanol–water partition coefficient (Wildman–Crippen LogP) is 5.70. The average molecular weight is 344 g/mol. The molecule has 0 fully saturated rings. The van der Waals surface area contributed by atoms with Gasteiger partial charge in [0.05, 0.1) is 7.11 Å². The summed E-state index contributed by atoms with van der Waals surface area (Å²) in [4.78, 5) is 0. The number of aromatic hydroxyl groups is 2. The molecule has 138 valence electrons. The van der Waals surface area contributed by atoms with Crippen molar-refractivity contribution in [2.24, 2.45) is 0 Å². The van der Waals surface area contributed by atoms with Crippen LogP contribution in [-0.4, -0.2) is 17.3 Å². The molecule has 2 aromatic carbocycles. The van der Waals surface area contributed by atoms with Crippen LogP contribution in [0.25, 0.3) is 0 Å². The van der Waals surface area contributed by atoms with Crippen LogP contribution in [0.3, 0.4) is 0 Å². The SMILES string of the molecule is COc1ccc(O)cc1.Cc1ccc(O)c(C(C)(C)C)c1C(C)(C)C. The molecule has 0 aliphatic rings. The Kier molecular flexibility index (Phi) is 6.53. The fourth-order valence-electron chi connectivity index (χ4n) is 3.00. The molecule has 0 amide bonds. The number of benzene rings is 2. The second-order valence-corrected chi connectivity index (χ2v) is 8.35. The number of ether oxygens (including phenoxy) is 1. The average Bonchev–Trinajstić information content (AvgIpc) is 2.48. The van der Waals surface area contributed by atoms with Crippen LogP contribution in [0.15, 0.2) is 36.4 Å². The molecule has 3 nitrogen and oxygen atoms in total. The number of hydrogen-bond acceptors (Lipinski definition) is 3. The van der Waals surface area contributed by atoms with Gasteiger partial charge in [-0.05, 0) is 59.2 Å². The Morgan fingerprint density at radius 2 is 1.20 bits per heavy atom. The van der Waals surface area contributed by atoms with Gasteiger partial charge in [0.25, 0.3) is 0 Å². The van der Waals surface area contributed by atoms with E-state index in [1.807, 2.05) is 12.1 Å². The van der Waals surface area contributed by atoms with Gasteiger partial charge in [0.15, 0.2) is 0 Å². The van der Waals surface area contributed by atoms with E-state index in [9.17, 15) is 5.11 Å². The van der Waals surface area contributed by atoms with Gasteiger partial charge in [0.1, 0.15) is 17.2 Å². The first kappa shape index (κ1) is 20.9. The summed E-state index contributed by atoms with van der Waals surface area (Å²) < 4.78 is 4.86. The molecule has 0 bridgehead atoms. The number of phenolic OH excluding ortho intramolecular Hbond substituents is 2. The van der Waals surface area contributed by atoms with E-state index < -0.39 is 0 Å². The second kappa shape index (κ2) is 7.81. The van der Waals surface area contributed by atoms with Crippen molar-refractivity contribution in [2.45, 2.75) is 59.3 Å². The minimum atomic E-state index is -0.0291. The number of methoxy groups -OCH3 is 1. The summed E-state index contributed by atoms with van der Waals surface area (Å²) in [6.45, 7) is 15.2. The fraction of sp³-hybridized carbons (Fsp3) is 0.455. The maximum absolute atomic E-state index is 10.1. The van der Waals surface area contributed by atoms with Crippen molar-refractivity contribution >= 4 is 0 Å². The summed E-state index contributed by atoms with van der Waals surface area (Å²) >= 11 is 0. The van der Waals surface area contributed by atoms with Crippen LogP contribution in [0.5, 0.6) is 17.2 Å². The van der Waals surface area contributed by atoms with Crippen LogP contribution in [0.2, 0.25) is 0 Å². The third-order valence-electron chi connectivity index (χ3n) is 3.96. The van der Waals surface area contributed by atoms with Crippen LogP contribution in [0.4, 0.5) is 0 Å². The molecule has 0 atom stereocenters. The molecule has 3 heteroatoms. The highest BCUT2D eigenvalue weighted by atomic mass is 16.5. The Labute approximate surface area is 152 Å². The molecule has 0 saturated carbocycles. The fourth-order valence-corrected chi connectivity index (χ4v) is 3.00. The van der Waals surface area contributed by atoms with Gasteiger partial charge in [-0.1, -0.05) is 47.6 Å². The van der Waals surface area contributed by atoms with Crippen molar-refractivity contribution in [3.05, 3.63) is 53.1 Å². The second-order valence-electron chi connectivity index (χ2n) is 8.35. The summed E-state index contributed by atoms with van der Waals surface area (Å²) in [6.07, 6.45) is 0. The molecule has 0 radical (unpaired) electrons. The van der Waals surface area contributed by atoms with Crippen LogP contribution < -0.4 is 4.74 Å². The highest BCUT2D eigenvalue weighted by Crippen LogP contribution is 2.40. The van der Waals surface area contributed by atoms with E-state index in [4.69, 9.17) is 9.84 Å². The highest BCUT2D eigenvalue weighted by molar-refractivity contribution is 5.50. The maximum Gasteiger partial charge on any atom is 0.119 e. The van der Waals surface area contributed by atoms with Gasteiger partial charge in [-0.2, -0.15) is 0 Å². The van der Waals surface area contributed by atoms with Crippen LogP contribution in [0.1, 0.15) is 58.2 Å². The number of hydrogen-bond donors (Lipinski definition) is 2. The summed E-state index contributed by atoms with van der Waals surface area (Å²) in [5.41, 5.74) is 3.65. The van der Waals surface area contributed by atoms with Crippen molar-refractivity contribution < 1.29 is 14.9 Å². The van der Waals surface area contributed by atoms with Gasteiger partial charge in [-0.25, -0.2) is 0 Å². The van der Waals surface area contributed by atoms with Crippen molar-refractivity contribution in [1.29, 1.82) is 0 Å². The molecule has 0 saturated heterocycles. The molecule has 2 aromatic rings. The minimum absolute atomic E-state index is 0.0291. The van der Waals surface area contributed by atoms with Gasteiger partial charge in [-0.3, -0.25) is 0 Å². The van der Waals surface area contributed by atoms with Gasteiger partial charge >= 0.3 is 0 Å². The van der Waals surface area contributed by atoms with Crippen LogP contribution in [0, 0.1) is 6.92 Å². The number of aryl methyl sites for hydroxylation is 1. The summed E-state index contributed by atoms with van der Waals surface area (Å²) in [6, 6.07) is 10.4. The highest BCUT2D eigenvalue weighted by Gasteiger charge is 2.29. The molecule has 0 aliphatic carbocycles. The Bertz CT molecular complexity index is 648. The van der Waals surface area contributed by atoms with E-state index in [2.05, 4.69) is 48.5 Å².